The van der Waals surface area contributed by atoms with E-state index < -0.39 is 12.1 Å². The highest BCUT2D eigenvalue weighted by Crippen LogP contribution is 2.21. The van der Waals surface area contributed by atoms with Gasteiger partial charge in [-0.1, -0.05) is 12.1 Å². The number of nitrogens with one attached hydrogen (secondary N) is 1. The van der Waals surface area contributed by atoms with Gasteiger partial charge in [-0.25, -0.2) is 4.79 Å². The van der Waals surface area contributed by atoms with Gasteiger partial charge in [0.1, 0.15) is 6.10 Å². The van der Waals surface area contributed by atoms with Crippen molar-refractivity contribution in [2.24, 2.45) is 5.73 Å². The van der Waals surface area contributed by atoms with Crippen molar-refractivity contribution in [3.05, 3.63) is 35.9 Å². The number of amides is 1. The van der Waals surface area contributed by atoms with Crippen LogP contribution in [0.3, 0.4) is 0 Å². The Kier molecular flexibility index (Phi) is 5.08. The second-order valence-electron chi connectivity index (χ2n) is 4.85. The number of aliphatic carboxylic acids is 1. The molecule has 2 rings (SSSR count). The van der Waals surface area contributed by atoms with Crippen LogP contribution in [0.15, 0.2) is 30.3 Å². The van der Waals surface area contributed by atoms with E-state index in [0.29, 0.717) is 24.2 Å². The molecule has 1 aromatic carbocycles. The van der Waals surface area contributed by atoms with Crippen LogP contribution in [0.1, 0.15) is 18.4 Å². The van der Waals surface area contributed by atoms with Crippen LogP contribution in [0.5, 0.6) is 0 Å². The first-order chi connectivity index (χ1) is 10.1. The van der Waals surface area contributed by atoms with E-state index in [-0.39, 0.29) is 12.0 Å². The first-order valence-corrected chi connectivity index (χ1v) is 6.76. The molecule has 0 aliphatic carbocycles. The van der Waals surface area contributed by atoms with E-state index in [1.54, 1.807) is 24.3 Å². The number of nitrogens with two attached hydrogens (primary N) is 1. The number of anilines is 1. The van der Waals surface area contributed by atoms with Crippen LogP contribution in [0.4, 0.5) is 5.69 Å². The Labute approximate surface area is 122 Å². The molecule has 6 heteroatoms. The zero-order valence-corrected chi connectivity index (χ0v) is 11.5. The molecule has 2 atom stereocenters. The number of carbonyl (C=O) groups is 2. The number of rotatable bonds is 5. The number of ether oxygens (including phenoxy) is 1. The van der Waals surface area contributed by atoms with Gasteiger partial charge in [0.2, 0.25) is 0 Å². The molecule has 21 heavy (non-hydrogen) atoms. The molecule has 2 unspecified atom stereocenters. The summed E-state index contributed by atoms with van der Waals surface area (Å²) in [6.45, 7) is 0.416. The second kappa shape index (κ2) is 7.01. The molecule has 0 saturated carbocycles. The van der Waals surface area contributed by atoms with Gasteiger partial charge in [0.25, 0.3) is 5.91 Å². The van der Waals surface area contributed by atoms with Gasteiger partial charge in [-0.2, -0.15) is 0 Å². The van der Waals surface area contributed by atoms with Gasteiger partial charge >= 0.3 is 5.97 Å². The number of carbonyl (C=O) groups excluding carboxylic acids is 1. The minimum atomic E-state index is -1.02. The molecule has 1 aromatic rings. The summed E-state index contributed by atoms with van der Waals surface area (Å²) < 4.78 is 5.53. The molecule has 1 amide bonds. The van der Waals surface area contributed by atoms with Crippen molar-refractivity contribution in [1.82, 2.24) is 0 Å². The van der Waals surface area contributed by atoms with Crippen LogP contribution in [-0.4, -0.2) is 35.7 Å². The van der Waals surface area contributed by atoms with Crippen LogP contribution in [0.25, 0.3) is 6.08 Å². The van der Waals surface area contributed by atoms with E-state index in [1.807, 2.05) is 0 Å². The fourth-order valence-electron chi connectivity index (χ4n) is 2.18. The molecular weight excluding hydrogens is 272 g/mol. The average molecular weight is 290 g/mol. The summed E-state index contributed by atoms with van der Waals surface area (Å²) >= 11 is 0. The first-order valence-electron chi connectivity index (χ1n) is 6.76. The average Bonchev–Trinajstić information content (AvgIpc) is 2.94. The first kappa shape index (κ1) is 15.2. The van der Waals surface area contributed by atoms with Crippen molar-refractivity contribution in [3.63, 3.8) is 0 Å². The summed E-state index contributed by atoms with van der Waals surface area (Å²) in [5, 5.41) is 11.4. The number of hydrogen-bond acceptors (Lipinski definition) is 4. The van der Waals surface area contributed by atoms with Crippen molar-refractivity contribution in [2.75, 3.05) is 11.9 Å². The minimum absolute atomic E-state index is 0.0504. The van der Waals surface area contributed by atoms with Gasteiger partial charge < -0.3 is 20.9 Å². The molecule has 0 aromatic heterocycles. The van der Waals surface area contributed by atoms with Gasteiger partial charge in [-0.15, -0.1) is 0 Å². The second-order valence-corrected chi connectivity index (χ2v) is 4.85. The topological polar surface area (TPSA) is 102 Å². The van der Waals surface area contributed by atoms with Gasteiger partial charge in [0, 0.05) is 18.3 Å². The normalized spacial score (nSPS) is 21.6. The number of carboxylic acids is 1. The lowest BCUT2D eigenvalue weighted by Crippen LogP contribution is -2.29. The lowest BCUT2D eigenvalue weighted by Gasteiger charge is -2.13. The quantitative estimate of drug-likeness (QED) is 0.708. The summed E-state index contributed by atoms with van der Waals surface area (Å²) in [4.78, 5) is 22.5. The summed E-state index contributed by atoms with van der Waals surface area (Å²) in [5.74, 6) is -1.22. The zero-order chi connectivity index (χ0) is 15.2. The molecule has 1 saturated heterocycles. The summed E-state index contributed by atoms with van der Waals surface area (Å²) in [6, 6.07) is 6.94. The van der Waals surface area contributed by atoms with Gasteiger partial charge in [0.15, 0.2) is 0 Å². The standard InChI is InChI=1S/C15H18N2O4/c16-9-12-5-6-13(21-12)15(20)17-11-3-1-2-10(8-11)4-7-14(18)19/h1-4,7-8,12-13H,5-6,9,16H2,(H,17,20)(H,18,19)/b7-4+. The molecule has 0 spiro atoms. The molecule has 1 aliphatic rings. The molecule has 1 aliphatic heterocycles. The highest BCUT2D eigenvalue weighted by atomic mass is 16.5. The van der Waals surface area contributed by atoms with Crippen LogP contribution < -0.4 is 11.1 Å². The maximum atomic E-state index is 12.1. The van der Waals surface area contributed by atoms with Crippen LogP contribution in [0, 0.1) is 0 Å². The Morgan fingerprint density at radius 2 is 2.24 bits per heavy atom. The van der Waals surface area contributed by atoms with E-state index in [9.17, 15) is 9.59 Å². The van der Waals surface area contributed by atoms with E-state index >= 15 is 0 Å². The molecule has 0 bridgehead atoms. The van der Waals surface area contributed by atoms with Gasteiger partial charge in [0.05, 0.1) is 6.10 Å². The Hall–Kier alpha value is -2.18. The van der Waals surface area contributed by atoms with Gasteiger partial charge in [-0.3, -0.25) is 4.79 Å². The summed E-state index contributed by atoms with van der Waals surface area (Å²) in [7, 11) is 0. The smallest absolute Gasteiger partial charge is 0.328 e. The number of hydrogen-bond donors (Lipinski definition) is 3. The molecular formula is C15H18N2O4. The summed E-state index contributed by atoms with van der Waals surface area (Å²) in [6.07, 6.45) is 3.44. The lowest BCUT2D eigenvalue weighted by atomic mass is 10.1. The Bertz CT molecular complexity index is 556. The van der Waals surface area contributed by atoms with E-state index in [2.05, 4.69) is 5.32 Å². The Morgan fingerprint density at radius 3 is 2.90 bits per heavy atom. The largest absolute Gasteiger partial charge is 0.478 e. The van der Waals surface area contributed by atoms with Crippen LogP contribution in [-0.2, 0) is 14.3 Å². The van der Waals surface area contributed by atoms with E-state index in [1.165, 1.54) is 6.08 Å². The van der Waals surface area contributed by atoms with E-state index in [0.717, 1.165) is 12.5 Å². The fraction of sp³-hybridized carbons (Fsp3) is 0.333. The molecule has 1 heterocycles. The van der Waals surface area contributed by atoms with Crippen LogP contribution >= 0.6 is 0 Å². The predicted molar refractivity (Wildman–Crippen MR) is 78.7 cm³/mol. The van der Waals surface area contributed by atoms with Crippen molar-refractivity contribution in [1.29, 1.82) is 0 Å². The van der Waals surface area contributed by atoms with Crippen molar-refractivity contribution < 1.29 is 19.4 Å². The summed E-state index contributed by atoms with van der Waals surface area (Å²) in [5.41, 5.74) is 6.81. The molecule has 112 valence electrons. The van der Waals surface area contributed by atoms with Crippen LogP contribution in [0.2, 0.25) is 0 Å². The molecule has 6 nitrogen and oxygen atoms in total. The monoisotopic (exact) mass is 290 g/mol. The maximum Gasteiger partial charge on any atom is 0.328 e. The fourth-order valence-corrected chi connectivity index (χ4v) is 2.18. The third-order valence-electron chi connectivity index (χ3n) is 3.24. The third kappa shape index (κ3) is 4.40. The minimum Gasteiger partial charge on any atom is -0.478 e. The molecule has 4 N–H and O–H groups in total. The number of benzene rings is 1. The highest BCUT2D eigenvalue weighted by Gasteiger charge is 2.29. The lowest BCUT2D eigenvalue weighted by molar-refractivity contribution is -0.131. The zero-order valence-electron chi connectivity index (χ0n) is 11.5. The van der Waals surface area contributed by atoms with Crippen molar-refractivity contribution in [2.45, 2.75) is 25.0 Å². The highest BCUT2D eigenvalue weighted by molar-refractivity contribution is 5.94. The Morgan fingerprint density at radius 1 is 1.43 bits per heavy atom. The van der Waals surface area contributed by atoms with Gasteiger partial charge in [-0.05, 0) is 36.6 Å². The predicted octanol–water partition coefficient (Wildman–Crippen LogP) is 1.23. The molecule has 0 radical (unpaired) electrons. The third-order valence-corrected chi connectivity index (χ3v) is 3.24. The van der Waals surface area contributed by atoms with E-state index in [4.69, 9.17) is 15.6 Å². The van der Waals surface area contributed by atoms with Crippen molar-refractivity contribution in [3.8, 4) is 0 Å². The molecule has 1 fully saturated rings. The maximum absolute atomic E-state index is 12.1. The van der Waals surface area contributed by atoms with Crippen molar-refractivity contribution >= 4 is 23.6 Å². The Balaban J connectivity index is 1.98. The number of carboxylic acid groups (broad SMARTS) is 1. The SMILES string of the molecule is NCC1CCC(C(=O)Nc2cccc(/C=C/C(=O)O)c2)O1.